The molecule has 1 aromatic rings. The van der Waals surface area contributed by atoms with Crippen LogP contribution in [0.2, 0.25) is 0 Å². The highest BCUT2D eigenvalue weighted by molar-refractivity contribution is 5.96. The van der Waals surface area contributed by atoms with E-state index in [9.17, 15) is 33.9 Å². The fourth-order valence-corrected chi connectivity index (χ4v) is 5.59. The zero-order valence-electron chi connectivity index (χ0n) is 31.9. The summed E-state index contributed by atoms with van der Waals surface area (Å²) in [5.74, 6) is -5.13. The van der Waals surface area contributed by atoms with Gasteiger partial charge in [-0.05, 0) is 88.4 Å². The van der Waals surface area contributed by atoms with Crippen LogP contribution in [0.3, 0.4) is 0 Å². The van der Waals surface area contributed by atoms with Gasteiger partial charge >= 0.3 is 5.97 Å². The van der Waals surface area contributed by atoms with Crippen LogP contribution in [0, 0.1) is 11.8 Å². The molecule has 16 heteroatoms. The quantitative estimate of drug-likeness (QED) is 0.0525. The third kappa shape index (κ3) is 18.0. The fourth-order valence-electron chi connectivity index (χ4n) is 5.59. The molecule has 6 atom stereocenters. The lowest BCUT2D eigenvalue weighted by Gasteiger charge is -2.30. The first-order valence-electron chi connectivity index (χ1n) is 18.8. The van der Waals surface area contributed by atoms with Crippen molar-refractivity contribution in [3.05, 3.63) is 35.9 Å². The van der Waals surface area contributed by atoms with E-state index in [0.29, 0.717) is 64.6 Å². The lowest BCUT2D eigenvalue weighted by atomic mass is 9.98. The number of carbonyl (C=O) groups is 6. The number of nitrogens with one attached hydrogen (secondary N) is 5. The van der Waals surface area contributed by atoms with Gasteiger partial charge in [0.2, 0.25) is 29.5 Å². The van der Waals surface area contributed by atoms with E-state index in [1.54, 1.807) is 58.0 Å². The summed E-state index contributed by atoms with van der Waals surface area (Å²) in [5.41, 5.74) is 23.5. The average Bonchev–Trinajstić information content (AvgIpc) is 3.11. The van der Waals surface area contributed by atoms with Gasteiger partial charge in [0.25, 0.3) is 0 Å². The fraction of sp³-hybridized carbons (Fsp3) is 0.676. The van der Waals surface area contributed by atoms with Crippen molar-refractivity contribution in [1.29, 1.82) is 0 Å². The summed E-state index contributed by atoms with van der Waals surface area (Å²) < 4.78 is 0. The molecule has 1 aromatic carbocycles. The van der Waals surface area contributed by atoms with Crippen molar-refractivity contribution >= 4 is 35.5 Å². The minimum absolute atomic E-state index is 0.0604. The molecule has 300 valence electrons. The highest BCUT2D eigenvalue weighted by atomic mass is 16.4. The number of carboxylic acids is 1. The van der Waals surface area contributed by atoms with E-state index in [4.69, 9.17) is 22.9 Å². The highest BCUT2D eigenvalue weighted by Gasteiger charge is 2.35. The van der Waals surface area contributed by atoms with Gasteiger partial charge in [-0.25, -0.2) is 4.79 Å². The Bertz CT molecular complexity index is 1280. The summed E-state index contributed by atoms with van der Waals surface area (Å²) in [5, 5.41) is 23.2. The van der Waals surface area contributed by atoms with Crippen molar-refractivity contribution in [3.8, 4) is 0 Å². The Kier molecular flexibility index (Phi) is 22.8. The number of amides is 5. The lowest BCUT2D eigenvalue weighted by Crippen LogP contribution is -2.61. The number of carboxylic acid groups (broad SMARTS) is 1. The second-order valence-electron chi connectivity index (χ2n) is 14.1. The van der Waals surface area contributed by atoms with Crippen molar-refractivity contribution in [2.24, 2.45) is 34.8 Å². The van der Waals surface area contributed by atoms with E-state index in [1.165, 1.54) is 0 Å². The molecule has 0 unspecified atom stereocenters. The summed E-state index contributed by atoms with van der Waals surface area (Å²) in [6.45, 7) is 8.17. The molecule has 5 amide bonds. The molecule has 0 bridgehead atoms. The molecule has 0 aromatic heterocycles. The maximum atomic E-state index is 13.8. The molecule has 0 radical (unpaired) electrons. The Hall–Kier alpha value is -4.12. The average molecular weight is 748 g/mol. The molecule has 0 fully saturated rings. The number of aliphatic carboxylic acids is 1. The molecule has 0 spiro atoms. The van der Waals surface area contributed by atoms with E-state index in [2.05, 4.69) is 26.6 Å². The molecule has 0 aliphatic heterocycles. The van der Waals surface area contributed by atoms with Crippen LogP contribution in [-0.2, 0) is 35.2 Å². The summed E-state index contributed by atoms with van der Waals surface area (Å²) in [7, 11) is 0. The van der Waals surface area contributed by atoms with E-state index in [1.807, 2.05) is 0 Å². The summed E-state index contributed by atoms with van der Waals surface area (Å²) >= 11 is 0. The van der Waals surface area contributed by atoms with E-state index in [0.717, 1.165) is 5.56 Å². The van der Waals surface area contributed by atoms with Crippen LogP contribution in [0.4, 0.5) is 0 Å². The van der Waals surface area contributed by atoms with Gasteiger partial charge < -0.3 is 54.6 Å². The van der Waals surface area contributed by atoms with Gasteiger partial charge in [-0.2, -0.15) is 0 Å². The Labute approximate surface area is 314 Å². The van der Waals surface area contributed by atoms with Crippen molar-refractivity contribution < 1.29 is 33.9 Å². The van der Waals surface area contributed by atoms with Crippen molar-refractivity contribution in [1.82, 2.24) is 26.6 Å². The number of rotatable bonds is 27. The number of carbonyl (C=O) groups excluding carboxylic acids is 5. The van der Waals surface area contributed by atoms with Gasteiger partial charge in [0.05, 0.1) is 6.04 Å². The molecule has 53 heavy (non-hydrogen) atoms. The molecule has 0 saturated heterocycles. The number of unbranched alkanes of at least 4 members (excludes halogenated alkanes) is 3. The number of benzene rings is 1. The van der Waals surface area contributed by atoms with Gasteiger partial charge in [-0.3, -0.25) is 24.0 Å². The van der Waals surface area contributed by atoms with Crippen LogP contribution in [-0.4, -0.2) is 96.5 Å². The lowest BCUT2D eigenvalue weighted by molar-refractivity contribution is -0.142. The van der Waals surface area contributed by atoms with Crippen LogP contribution in [0.25, 0.3) is 0 Å². The molecular weight excluding hydrogens is 682 g/mol. The third-order valence-corrected chi connectivity index (χ3v) is 8.86. The summed E-state index contributed by atoms with van der Waals surface area (Å²) in [6, 6.07) is 2.55. The maximum Gasteiger partial charge on any atom is 0.326 e. The summed E-state index contributed by atoms with van der Waals surface area (Å²) in [4.78, 5) is 79.5. The molecule has 14 N–H and O–H groups in total. The van der Waals surface area contributed by atoms with Gasteiger partial charge in [-0.15, -0.1) is 0 Å². The first-order valence-corrected chi connectivity index (χ1v) is 18.8. The SMILES string of the molecule is CC(C)[C@H](NC(=O)[C@H](CCCCN)NC(=O)[C@@H](N)CCCCN)C(=O)N[C@H](C(=O)N[C@@H](Cc1ccccc1)C(=O)N[C@@H](CCCCN)C(=O)O)C(C)C. The topological polar surface area (TPSA) is 287 Å². The predicted molar refractivity (Wildman–Crippen MR) is 204 cm³/mol. The standard InChI is InChI=1S/C37H65N9O7/c1-23(2)30(35(50)44-29(22-25-14-6-5-7-15-25)34(49)43-28(37(52)53)18-10-13-21-40)46-36(51)31(24(3)4)45-33(48)27(17-9-12-20-39)42-32(47)26(41)16-8-11-19-38/h5-7,14-15,23-24,26-31H,8-13,16-22,38-41H2,1-4H3,(H,42,47)(H,43,49)(H,44,50)(H,45,48)(H,46,51)(H,52,53)/t26-,27-,28-,29-,30-,31-/m0/s1. The maximum absolute atomic E-state index is 13.8. The molecule has 1 rings (SSSR count). The zero-order valence-corrected chi connectivity index (χ0v) is 31.9. The van der Waals surface area contributed by atoms with Crippen LogP contribution >= 0.6 is 0 Å². The number of hydrogen-bond acceptors (Lipinski definition) is 10. The Morgan fingerprint density at radius 3 is 1.45 bits per heavy atom. The number of nitrogens with two attached hydrogens (primary N) is 4. The van der Waals surface area contributed by atoms with Crippen molar-refractivity contribution in [3.63, 3.8) is 0 Å². The molecule has 0 aliphatic carbocycles. The molecule has 16 nitrogen and oxygen atoms in total. The monoisotopic (exact) mass is 748 g/mol. The van der Waals surface area contributed by atoms with Crippen LogP contribution in [0.1, 0.15) is 91.0 Å². The van der Waals surface area contributed by atoms with Gasteiger partial charge in [-0.1, -0.05) is 64.4 Å². The largest absolute Gasteiger partial charge is 0.480 e. The van der Waals surface area contributed by atoms with Crippen molar-refractivity contribution in [2.75, 3.05) is 19.6 Å². The minimum atomic E-state index is -1.21. The third-order valence-electron chi connectivity index (χ3n) is 8.86. The molecule has 0 saturated carbocycles. The van der Waals surface area contributed by atoms with E-state index < -0.39 is 83.6 Å². The Morgan fingerprint density at radius 1 is 0.547 bits per heavy atom. The zero-order chi connectivity index (χ0) is 39.9. The smallest absolute Gasteiger partial charge is 0.326 e. The minimum Gasteiger partial charge on any atom is -0.480 e. The first kappa shape index (κ1) is 46.9. The summed E-state index contributed by atoms with van der Waals surface area (Å²) in [6.07, 6.45) is 4.51. The Balaban J connectivity index is 3.20. The van der Waals surface area contributed by atoms with Crippen LogP contribution < -0.4 is 49.5 Å². The van der Waals surface area contributed by atoms with Gasteiger partial charge in [0, 0.05) is 6.42 Å². The van der Waals surface area contributed by atoms with E-state index >= 15 is 0 Å². The molecular formula is C37H65N9O7. The normalized spacial score (nSPS) is 14.7. The van der Waals surface area contributed by atoms with Gasteiger partial charge in [0.15, 0.2) is 0 Å². The number of hydrogen-bond donors (Lipinski definition) is 10. The second kappa shape index (κ2) is 25.8. The Morgan fingerprint density at radius 2 is 0.962 bits per heavy atom. The van der Waals surface area contributed by atoms with Crippen LogP contribution in [0.5, 0.6) is 0 Å². The molecule has 0 aliphatic rings. The van der Waals surface area contributed by atoms with E-state index in [-0.39, 0.29) is 19.3 Å². The van der Waals surface area contributed by atoms with Crippen molar-refractivity contribution in [2.45, 2.75) is 128 Å². The second-order valence-corrected chi connectivity index (χ2v) is 14.1. The van der Waals surface area contributed by atoms with Gasteiger partial charge in [0.1, 0.15) is 30.2 Å². The van der Waals surface area contributed by atoms with Crippen LogP contribution in [0.15, 0.2) is 30.3 Å². The molecule has 0 heterocycles. The highest BCUT2D eigenvalue weighted by Crippen LogP contribution is 2.12. The predicted octanol–water partition coefficient (Wildman–Crippen LogP) is -0.236. The first-order chi connectivity index (χ1) is 25.2.